The number of rotatable bonds is 1. The number of aromatic amines is 1. The Morgan fingerprint density at radius 3 is 2.75 bits per heavy atom. The van der Waals surface area contributed by atoms with Gasteiger partial charge in [0.25, 0.3) is 0 Å². The van der Waals surface area contributed by atoms with Crippen LogP contribution in [0, 0.1) is 0 Å². The maximum atomic E-state index is 9.89. The van der Waals surface area contributed by atoms with E-state index in [-0.39, 0.29) is 5.88 Å². The second-order valence-corrected chi connectivity index (χ2v) is 5.26. The zero-order valence-electron chi connectivity index (χ0n) is 11.0. The molecule has 0 atom stereocenters. The van der Waals surface area contributed by atoms with Gasteiger partial charge < -0.3 is 15.0 Å². The van der Waals surface area contributed by atoms with E-state index in [9.17, 15) is 5.11 Å². The number of azo groups is 1. The molecule has 3 rings (SSSR count). The van der Waals surface area contributed by atoms with Gasteiger partial charge in [-0.2, -0.15) is 0 Å². The van der Waals surface area contributed by atoms with Crippen molar-refractivity contribution in [3.8, 4) is 5.88 Å². The van der Waals surface area contributed by atoms with Crippen molar-refractivity contribution < 1.29 is 5.11 Å². The van der Waals surface area contributed by atoms with Crippen molar-refractivity contribution in [2.75, 3.05) is 13.1 Å². The van der Waals surface area contributed by atoms with E-state index in [1.54, 1.807) is 0 Å². The lowest BCUT2D eigenvalue weighted by Gasteiger charge is -2.26. The van der Waals surface area contributed by atoms with Gasteiger partial charge in [-0.1, -0.05) is 18.2 Å². The molecule has 0 amide bonds. The number of nitrogens with zero attached hydrogens (tertiary/aromatic N) is 3. The predicted molar refractivity (Wildman–Crippen MR) is 82.5 cm³/mol. The van der Waals surface area contributed by atoms with E-state index >= 15 is 0 Å². The summed E-state index contributed by atoms with van der Waals surface area (Å²) in [6.45, 7) is 1.88. The van der Waals surface area contributed by atoms with Crippen LogP contribution in [0.3, 0.4) is 0 Å². The molecule has 1 aliphatic rings. The summed E-state index contributed by atoms with van der Waals surface area (Å²) < 4.78 is 0. The molecule has 2 heterocycles. The maximum absolute atomic E-state index is 9.89. The molecule has 1 fully saturated rings. The first-order valence-electron chi connectivity index (χ1n) is 6.76. The highest BCUT2D eigenvalue weighted by Crippen LogP contribution is 2.35. The fourth-order valence-corrected chi connectivity index (χ4v) is 2.68. The number of fused-ring (bicyclic) bond motifs is 1. The standard InChI is InChI=1S/C14H16N4OS/c19-13-12(10-6-2-3-7-11(10)15-13)16-17-14(20)18-8-4-1-5-9-18/h2-3,6-7,15,19H,1,4-5,8-9H2. The van der Waals surface area contributed by atoms with Gasteiger partial charge in [0.2, 0.25) is 11.0 Å². The Morgan fingerprint density at radius 2 is 1.95 bits per heavy atom. The number of hydrogen-bond donors (Lipinski definition) is 2. The Balaban J connectivity index is 1.83. The molecular weight excluding hydrogens is 272 g/mol. The van der Waals surface area contributed by atoms with Crippen LogP contribution in [0.5, 0.6) is 5.88 Å². The van der Waals surface area contributed by atoms with E-state index in [2.05, 4.69) is 20.1 Å². The molecule has 6 heteroatoms. The summed E-state index contributed by atoms with van der Waals surface area (Å²) in [5, 5.41) is 19.5. The van der Waals surface area contributed by atoms with E-state index in [0.29, 0.717) is 10.8 Å². The molecule has 20 heavy (non-hydrogen) atoms. The fraction of sp³-hybridized carbons (Fsp3) is 0.357. The summed E-state index contributed by atoms with van der Waals surface area (Å²) in [5.41, 5.74) is 1.28. The maximum Gasteiger partial charge on any atom is 0.218 e. The highest BCUT2D eigenvalue weighted by molar-refractivity contribution is 7.80. The lowest BCUT2D eigenvalue weighted by molar-refractivity contribution is 0.343. The number of para-hydroxylation sites is 1. The van der Waals surface area contributed by atoms with Gasteiger partial charge >= 0.3 is 0 Å². The third kappa shape index (κ3) is 2.51. The minimum atomic E-state index is 0.0244. The molecule has 1 aromatic carbocycles. The van der Waals surface area contributed by atoms with Gasteiger partial charge in [0, 0.05) is 18.5 Å². The third-order valence-corrected chi connectivity index (χ3v) is 3.86. The summed E-state index contributed by atoms with van der Waals surface area (Å²) in [4.78, 5) is 4.94. The normalized spacial score (nSPS) is 16.1. The Kier molecular flexibility index (Phi) is 3.64. The van der Waals surface area contributed by atoms with Crippen molar-refractivity contribution in [2.45, 2.75) is 19.3 Å². The minimum Gasteiger partial charge on any atom is -0.493 e. The number of aromatic hydroxyl groups is 1. The zero-order chi connectivity index (χ0) is 13.9. The Morgan fingerprint density at radius 1 is 1.20 bits per heavy atom. The Labute approximate surface area is 122 Å². The highest BCUT2D eigenvalue weighted by atomic mass is 32.1. The second-order valence-electron chi connectivity index (χ2n) is 4.90. The van der Waals surface area contributed by atoms with Crippen molar-refractivity contribution in [1.29, 1.82) is 0 Å². The van der Waals surface area contributed by atoms with Crippen molar-refractivity contribution in [3.63, 3.8) is 0 Å². The van der Waals surface area contributed by atoms with Gasteiger partial charge in [0.1, 0.15) is 0 Å². The minimum absolute atomic E-state index is 0.0244. The molecule has 1 aromatic heterocycles. The monoisotopic (exact) mass is 288 g/mol. The van der Waals surface area contributed by atoms with Gasteiger partial charge in [-0.25, -0.2) is 0 Å². The summed E-state index contributed by atoms with van der Waals surface area (Å²) >= 11 is 5.29. The molecule has 0 spiro atoms. The smallest absolute Gasteiger partial charge is 0.218 e. The largest absolute Gasteiger partial charge is 0.493 e. The molecule has 104 valence electrons. The van der Waals surface area contributed by atoms with Crippen LogP contribution >= 0.6 is 12.2 Å². The van der Waals surface area contributed by atoms with E-state index in [4.69, 9.17) is 12.2 Å². The first-order valence-corrected chi connectivity index (χ1v) is 7.17. The SMILES string of the molecule is Oc1[nH]c2ccccc2c1N=NC(=S)N1CCCCC1. The van der Waals surface area contributed by atoms with Crippen LogP contribution in [0.25, 0.3) is 10.9 Å². The van der Waals surface area contributed by atoms with Gasteiger partial charge in [-0.3, -0.25) is 0 Å². The molecular formula is C14H16N4OS. The van der Waals surface area contributed by atoms with Crippen molar-refractivity contribution in [3.05, 3.63) is 24.3 Å². The number of nitrogens with one attached hydrogen (secondary N) is 1. The molecule has 1 saturated heterocycles. The number of piperidine rings is 1. The molecule has 1 aliphatic heterocycles. The van der Waals surface area contributed by atoms with Crippen molar-refractivity contribution in [2.24, 2.45) is 10.2 Å². The van der Waals surface area contributed by atoms with E-state index in [1.165, 1.54) is 6.42 Å². The van der Waals surface area contributed by atoms with Crippen LogP contribution in [-0.2, 0) is 0 Å². The van der Waals surface area contributed by atoms with Gasteiger partial charge in [0.05, 0.1) is 5.52 Å². The van der Waals surface area contributed by atoms with Gasteiger partial charge in [-0.05, 0) is 37.5 Å². The van der Waals surface area contributed by atoms with Gasteiger partial charge in [-0.15, -0.1) is 10.2 Å². The van der Waals surface area contributed by atoms with Gasteiger partial charge in [0.15, 0.2) is 5.69 Å². The molecule has 2 N–H and O–H groups in total. The van der Waals surface area contributed by atoms with Crippen molar-refractivity contribution >= 4 is 33.9 Å². The third-order valence-electron chi connectivity index (χ3n) is 3.52. The molecule has 2 aromatic rings. The molecule has 0 saturated carbocycles. The predicted octanol–water partition coefficient (Wildman–Crippen LogP) is 3.73. The number of thiocarbonyl (C=S) groups is 1. The second kappa shape index (κ2) is 5.58. The summed E-state index contributed by atoms with van der Waals surface area (Å²) in [5.74, 6) is 0.0244. The number of H-pyrrole nitrogens is 1. The topological polar surface area (TPSA) is 64.0 Å². The summed E-state index contributed by atoms with van der Waals surface area (Å²) in [6.07, 6.45) is 3.54. The molecule has 0 aliphatic carbocycles. The quantitative estimate of drug-likeness (QED) is 0.621. The first-order chi connectivity index (χ1) is 9.75. The van der Waals surface area contributed by atoms with E-state index < -0.39 is 0 Å². The number of benzene rings is 1. The van der Waals surface area contributed by atoms with Crippen LogP contribution in [0.4, 0.5) is 5.69 Å². The summed E-state index contributed by atoms with van der Waals surface area (Å²) in [7, 11) is 0. The highest BCUT2D eigenvalue weighted by Gasteiger charge is 2.14. The molecule has 0 radical (unpaired) electrons. The number of hydrogen-bond acceptors (Lipinski definition) is 3. The summed E-state index contributed by atoms with van der Waals surface area (Å²) in [6, 6.07) is 7.58. The number of aromatic nitrogens is 1. The molecule has 5 nitrogen and oxygen atoms in total. The van der Waals surface area contributed by atoms with Crippen LogP contribution < -0.4 is 0 Å². The van der Waals surface area contributed by atoms with E-state index in [1.807, 2.05) is 24.3 Å². The Bertz CT molecular complexity index is 658. The Hall–Kier alpha value is -1.95. The first kappa shape index (κ1) is 13.1. The lowest BCUT2D eigenvalue weighted by Crippen LogP contribution is -2.33. The average Bonchev–Trinajstić information content (AvgIpc) is 2.81. The molecule has 0 unspecified atom stereocenters. The number of likely N-dealkylation sites (tertiary alicyclic amines) is 1. The van der Waals surface area contributed by atoms with Crippen LogP contribution in [0.2, 0.25) is 0 Å². The molecule has 0 bridgehead atoms. The van der Waals surface area contributed by atoms with Crippen LogP contribution in [0.15, 0.2) is 34.5 Å². The zero-order valence-corrected chi connectivity index (χ0v) is 11.9. The fourth-order valence-electron chi connectivity index (χ4n) is 2.46. The van der Waals surface area contributed by atoms with Crippen LogP contribution in [-0.4, -0.2) is 33.2 Å². The average molecular weight is 288 g/mol. The van der Waals surface area contributed by atoms with Crippen molar-refractivity contribution in [1.82, 2.24) is 9.88 Å². The van der Waals surface area contributed by atoms with E-state index in [0.717, 1.165) is 36.8 Å². The van der Waals surface area contributed by atoms with Crippen LogP contribution in [0.1, 0.15) is 19.3 Å². The lowest BCUT2D eigenvalue weighted by atomic mass is 10.1.